The van der Waals surface area contributed by atoms with Crippen molar-refractivity contribution >= 4 is 103 Å². The number of carboxylic acid groups (broad SMARTS) is 1. The molecular weight excluding hydrogens is 1500 g/mol. The van der Waals surface area contributed by atoms with Gasteiger partial charge in [0, 0.05) is 53.0 Å². The number of aromatic amines is 2. The van der Waals surface area contributed by atoms with Crippen LogP contribution in [0.2, 0.25) is 0 Å². The third-order valence-corrected chi connectivity index (χ3v) is 25.6. The van der Waals surface area contributed by atoms with Gasteiger partial charge >= 0.3 is 5.97 Å². The van der Waals surface area contributed by atoms with E-state index >= 15 is 0 Å². The lowest BCUT2D eigenvalue weighted by Crippen LogP contribution is -2.12. The molecule has 616 valence electrons. The molecule has 0 atom stereocenters. The Morgan fingerprint density at radius 3 is 1.15 bits per heavy atom. The van der Waals surface area contributed by atoms with Crippen LogP contribution >= 0.6 is 34.0 Å². The van der Waals surface area contributed by atoms with Crippen LogP contribution in [-0.4, -0.2) is 57.4 Å². The van der Waals surface area contributed by atoms with Crippen LogP contribution in [0.1, 0.15) is 300 Å². The van der Waals surface area contributed by atoms with Crippen LogP contribution in [0.4, 0.5) is 17.1 Å². The zero-order valence-electron chi connectivity index (χ0n) is 70.6. The molecular formula is C103H125N5O6S3. The van der Waals surface area contributed by atoms with E-state index in [0.29, 0.717) is 82.5 Å². The Morgan fingerprint density at radius 1 is 0.359 bits per heavy atom. The molecule has 0 saturated heterocycles. The van der Waals surface area contributed by atoms with Gasteiger partial charge in [-0.1, -0.05) is 257 Å². The molecule has 0 saturated carbocycles. The molecule has 6 aromatic heterocycles. The minimum absolute atomic E-state index is 0.216. The van der Waals surface area contributed by atoms with E-state index < -0.39 is 5.97 Å². The second-order valence-electron chi connectivity index (χ2n) is 31.5. The maximum atomic E-state index is 12.4. The summed E-state index contributed by atoms with van der Waals surface area (Å²) < 4.78 is 28.5. The van der Waals surface area contributed by atoms with Gasteiger partial charge in [-0.3, -0.25) is 0 Å². The van der Waals surface area contributed by atoms with E-state index in [-0.39, 0.29) is 4.88 Å². The second kappa shape index (κ2) is 46.7. The van der Waals surface area contributed by atoms with Crippen LogP contribution in [0.3, 0.4) is 0 Å². The fraction of sp³-hybridized carbons (Fsp3) is 0.427. The summed E-state index contributed by atoms with van der Waals surface area (Å²) in [6.07, 6.45) is 47.7. The number of carboxylic acids is 1. The van der Waals surface area contributed by atoms with E-state index in [1.54, 1.807) is 12.1 Å². The first-order valence-corrected chi connectivity index (χ1v) is 47.1. The van der Waals surface area contributed by atoms with Gasteiger partial charge in [0.25, 0.3) is 0 Å². The van der Waals surface area contributed by atoms with Crippen LogP contribution < -0.4 is 23.8 Å². The number of carbonyl (C=O) groups is 1. The first-order valence-electron chi connectivity index (χ1n) is 44.6. The SMILES string of the molecule is CCCCCCCCOc1cccc(OCCCCCCCC)c1-c1c2nc(c(N(c3ccc(-c4ccc(CCCCCC)s4)cc3)c3ccc(-c4ccc(CCCCCC)s4)cc3)c3ccc([nH]3)c(-c3c(OCCCCCCCC)cccc3OCCCCCCCC)c3nc(c(C#Cc4ccc(C(=O)O)s4)c4ccc1[nH]4)C=C3)C=C2. The van der Waals surface area contributed by atoms with E-state index in [9.17, 15) is 9.90 Å². The number of H-pyrrole nitrogens is 2. The number of rotatable bonds is 50. The molecule has 8 bridgehead atoms. The van der Waals surface area contributed by atoms with Gasteiger partial charge in [0.15, 0.2) is 0 Å². The van der Waals surface area contributed by atoms with E-state index in [2.05, 4.69) is 226 Å². The van der Waals surface area contributed by atoms with Crippen molar-refractivity contribution in [2.45, 2.75) is 260 Å². The molecule has 2 aliphatic heterocycles. The third kappa shape index (κ3) is 24.4. The Bertz CT molecular complexity index is 4830. The number of nitrogens with one attached hydrogen (secondary N) is 2. The van der Waals surface area contributed by atoms with Crippen molar-refractivity contribution in [2.24, 2.45) is 0 Å². The highest BCUT2D eigenvalue weighted by Crippen LogP contribution is 2.49. The molecule has 0 aliphatic carbocycles. The zero-order valence-corrected chi connectivity index (χ0v) is 73.0. The van der Waals surface area contributed by atoms with Crippen LogP contribution in [0.5, 0.6) is 23.0 Å². The van der Waals surface area contributed by atoms with Gasteiger partial charge in [0.05, 0.1) is 87.5 Å². The van der Waals surface area contributed by atoms with E-state index in [0.717, 1.165) is 163 Å². The lowest BCUT2D eigenvalue weighted by Gasteiger charge is -2.26. The second-order valence-corrected chi connectivity index (χ2v) is 34.9. The Labute approximate surface area is 709 Å². The molecule has 0 unspecified atom stereocenters. The molecule has 0 amide bonds. The van der Waals surface area contributed by atoms with Crippen LogP contribution in [0, 0.1) is 11.8 Å². The lowest BCUT2D eigenvalue weighted by molar-refractivity contribution is 0.0702. The number of aromatic nitrogens is 4. The summed E-state index contributed by atoms with van der Waals surface area (Å²) in [5, 5.41) is 10.2. The molecule has 117 heavy (non-hydrogen) atoms. The Kier molecular flexibility index (Phi) is 34.7. The third-order valence-electron chi connectivity index (χ3n) is 22.3. The van der Waals surface area contributed by atoms with Crippen molar-refractivity contribution in [3.05, 3.63) is 193 Å². The smallest absolute Gasteiger partial charge is 0.345 e. The number of aromatic carboxylic acids is 1. The molecule has 14 heteroatoms. The predicted molar refractivity (Wildman–Crippen MR) is 499 cm³/mol. The number of fused-ring (bicyclic) bond motifs is 8. The summed E-state index contributed by atoms with van der Waals surface area (Å²) in [5.41, 5.74) is 14.8. The minimum atomic E-state index is -0.990. The summed E-state index contributed by atoms with van der Waals surface area (Å²) in [6.45, 7) is 15.8. The van der Waals surface area contributed by atoms with Gasteiger partial charge in [0.1, 0.15) is 27.9 Å². The van der Waals surface area contributed by atoms with Gasteiger partial charge in [-0.25, -0.2) is 14.8 Å². The molecule has 0 radical (unpaired) electrons. The highest BCUT2D eigenvalue weighted by Gasteiger charge is 2.28. The van der Waals surface area contributed by atoms with Gasteiger partial charge in [0.2, 0.25) is 0 Å². The van der Waals surface area contributed by atoms with Crippen molar-refractivity contribution in [3.8, 4) is 78.0 Å². The number of benzene rings is 4. The predicted octanol–water partition coefficient (Wildman–Crippen LogP) is 31.3. The first-order chi connectivity index (χ1) is 57.7. The molecule has 11 nitrogen and oxygen atoms in total. The maximum Gasteiger partial charge on any atom is 0.345 e. The van der Waals surface area contributed by atoms with Gasteiger partial charge in [-0.05, 0) is 196 Å². The number of nitrogens with zero attached hydrogens (tertiary/aromatic N) is 3. The largest absolute Gasteiger partial charge is 0.493 e. The average molecular weight is 1630 g/mol. The molecule has 3 N–H and O–H groups in total. The van der Waals surface area contributed by atoms with Crippen molar-refractivity contribution in [1.82, 2.24) is 19.9 Å². The number of ether oxygens (including phenoxy) is 4. The summed E-state index contributed by atoms with van der Waals surface area (Å²) in [5.74, 6) is 8.87. The molecule has 2 aliphatic rings. The number of aryl methyl sites for hydroxylation is 2. The zero-order chi connectivity index (χ0) is 81.2. The molecule has 8 heterocycles. The number of hydrogen-bond donors (Lipinski definition) is 3. The summed E-state index contributed by atoms with van der Waals surface area (Å²) in [7, 11) is 0. The van der Waals surface area contributed by atoms with Gasteiger partial charge in [-0.2, -0.15) is 0 Å². The topological polar surface area (TPSA) is 135 Å². The fourth-order valence-electron chi connectivity index (χ4n) is 15.7. The first kappa shape index (κ1) is 86.9. The quantitative estimate of drug-likeness (QED) is 0.0252. The number of anilines is 3. The average Bonchev–Trinajstić information content (AvgIpc) is 1.62. The number of unbranched alkanes of at least 4 members (excludes halogenated alkanes) is 26. The maximum absolute atomic E-state index is 12.4. The van der Waals surface area contributed by atoms with E-state index in [4.69, 9.17) is 28.9 Å². The van der Waals surface area contributed by atoms with Crippen molar-refractivity contribution in [1.29, 1.82) is 0 Å². The number of thiophene rings is 3. The summed E-state index contributed by atoms with van der Waals surface area (Å²) >= 11 is 4.97. The van der Waals surface area contributed by atoms with E-state index in [1.807, 2.05) is 22.7 Å². The number of hydrogen-bond acceptors (Lipinski definition) is 11. The monoisotopic (exact) mass is 1620 g/mol. The Balaban J connectivity index is 1.15. The molecule has 12 rings (SSSR count). The highest BCUT2D eigenvalue weighted by molar-refractivity contribution is 7.16. The van der Waals surface area contributed by atoms with Gasteiger partial charge in [-0.15, -0.1) is 34.0 Å². The van der Waals surface area contributed by atoms with Crippen LogP contribution in [-0.2, 0) is 12.8 Å². The van der Waals surface area contributed by atoms with Crippen molar-refractivity contribution in [3.63, 3.8) is 0 Å². The van der Waals surface area contributed by atoms with Crippen molar-refractivity contribution in [2.75, 3.05) is 31.3 Å². The van der Waals surface area contributed by atoms with Crippen molar-refractivity contribution < 1.29 is 28.8 Å². The van der Waals surface area contributed by atoms with Crippen LogP contribution in [0.25, 0.3) is 89.5 Å². The van der Waals surface area contributed by atoms with Crippen LogP contribution in [0.15, 0.2) is 146 Å². The molecule has 0 spiro atoms. The fourth-order valence-corrected chi connectivity index (χ4v) is 18.5. The Morgan fingerprint density at radius 2 is 0.726 bits per heavy atom. The normalized spacial score (nSPS) is 11.7. The van der Waals surface area contributed by atoms with E-state index in [1.165, 1.54) is 159 Å². The Hall–Kier alpha value is -9.39. The molecule has 0 fully saturated rings. The summed E-state index contributed by atoms with van der Waals surface area (Å²) in [6, 6.07) is 52.1. The standard InChI is InChI=1S/C103H125N5O6S3/c1-7-13-19-25-29-35-71-111-91-43-39-44-92(112-72-36-30-26-20-14-8-2)100(91)98-85-62-60-83(104-85)82(59-55-81-58-70-97(117-81)103(109)110)84-61-63-86(105-84)99(101-93(113-73-37-31-27-21-15-9-3)45-40-46-94(101)114-74-38-32-28-22-16-10-4)88-65-67-90(107-88)102(89-66-64-87(98)106-89)108(77-51-47-75(48-52-77)95-68-56-79(115-95)41-33-23-17-11-5)78-53-49-76(50-54-78)96-69-57-80(116-96)42-34-24-18-12-6/h39-40,43-54,56-58,60-70,104,107H,7-38,41-42,71-74H2,1-6H3,(H,109,110). The molecule has 4 aromatic carbocycles. The highest BCUT2D eigenvalue weighted by atomic mass is 32.1. The minimum Gasteiger partial charge on any atom is -0.493 e. The summed E-state index contributed by atoms with van der Waals surface area (Å²) in [4.78, 5) is 41.0. The molecule has 10 aromatic rings. The van der Waals surface area contributed by atoms with Gasteiger partial charge < -0.3 is 38.9 Å². The lowest BCUT2D eigenvalue weighted by atomic mass is 10.0.